The fourth-order valence-corrected chi connectivity index (χ4v) is 3.48. The van der Waals surface area contributed by atoms with Gasteiger partial charge < -0.3 is 0 Å². The standard InChI is InChI=1S/C13H11ClN4OS2/c1-8(10-2-3-11(14)21-10)16-17-12(19)6-9-7-18-4-5-20-13(18)15-9/h2-5,7H,6H2,1H3,(H,17,19). The van der Waals surface area contributed by atoms with E-state index >= 15 is 0 Å². The summed E-state index contributed by atoms with van der Waals surface area (Å²) in [5.74, 6) is -0.192. The number of fused-ring (bicyclic) bond motifs is 1. The Morgan fingerprint density at radius 2 is 2.38 bits per heavy atom. The number of nitrogens with zero attached hydrogens (tertiary/aromatic N) is 3. The summed E-state index contributed by atoms with van der Waals surface area (Å²) in [7, 11) is 0. The van der Waals surface area contributed by atoms with Crippen LogP contribution in [0.3, 0.4) is 0 Å². The van der Waals surface area contributed by atoms with E-state index in [0.717, 1.165) is 21.2 Å². The van der Waals surface area contributed by atoms with Gasteiger partial charge in [-0.05, 0) is 19.1 Å². The second-order valence-corrected chi connectivity index (χ2v) is 6.93. The predicted octanol–water partition coefficient (Wildman–Crippen LogP) is 3.19. The zero-order valence-electron chi connectivity index (χ0n) is 11.0. The monoisotopic (exact) mass is 338 g/mol. The third kappa shape index (κ3) is 3.31. The summed E-state index contributed by atoms with van der Waals surface area (Å²) in [5, 5.41) is 6.03. The van der Waals surface area contributed by atoms with Crippen molar-refractivity contribution >= 4 is 50.9 Å². The van der Waals surface area contributed by atoms with Gasteiger partial charge in [0.25, 0.3) is 0 Å². The molecule has 3 rings (SSSR count). The second kappa shape index (κ2) is 5.97. The van der Waals surface area contributed by atoms with Crippen LogP contribution >= 0.6 is 34.3 Å². The number of rotatable bonds is 4. The fraction of sp³-hybridized carbons (Fsp3) is 0.154. The number of thiazole rings is 1. The Hall–Kier alpha value is -1.70. The molecule has 3 heterocycles. The zero-order valence-corrected chi connectivity index (χ0v) is 13.4. The molecule has 0 aliphatic carbocycles. The lowest BCUT2D eigenvalue weighted by atomic mass is 10.3. The minimum absolute atomic E-state index is 0.192. The molecule has 3 aromatic heterocycles. The summed E-state index contributed by atoms with van der Waals surface area (Å²) in [5.41, 5.74) is 4.00. The number of amides is 1. The van der Waals surface area contributed by atoms with Gasteiger partial charge in [0.15, 0.2) is 4.96 Å². The van der Waals surface area contributed by atoms with Crippen molar-refractivity contribution in [3.8, 4) is 0 Å². The van der Waals surface area contributed by atoms with Gasteiger partial charge in [-0.25, -0.2) is 10.4 Å². The van der Waals surface area contributed by atoms with E-state index in [4.69, 9.17) is 11.6 Å². The minimum atomic E-state index is -0.192. The molecule has 0 saturated heterocycles. The molecule has 108 valence electrons. The smallest absolute Gasteiger partial charge is 0.246 e. The van der Waals surface area contributed by atoms with Crippen LogP contribution in [-0.4, -0.2) is 21.0 Å². The number of halogens is 1. The molecule has 21 heavy (non-hydrogen) atoms. The van der Waals surface area contributed by atoms with Crippen LogP contribution in [0.25, 0.3) is 4.96 Å². The van der Waals surface area contributed by atoms with Crippen molar-refractivity contribution in [2.45, 2.75) is 13.3 Å². The van der Waals surface area contributed by atoms with Gasteiger partial charge in [0.1, 0.15) is 0 Å². The first-order chi connectivity index (χ1) is 10.1. The van der Waals surface area contributed by atoms with E-state index in [0.29, 0.717) is 4.34 Å². The first-order valence-corrected chi connectivity index (χ1v) is 8.19. The summed E-state index contributed by atoms with van der Waals surface area (Å²) < 4.78 is 2.60. The lowest BCUT2D eigenvalue weighted by molar-refractivity contribution is -0.120. The second-order valence-electron chi connectivity index (χ2n) is 4.34. The van der Waals surface area contributed by atoms with Gasteiger partial charge in [-0.15, -0.1) is 22.7 Å². The van der Waals surface area contributed by atoms with E-state index in [9.17, 15) is 4.79 Å². The Morgan fingerprint density at radius 3 is 3.10 bits per heavy atom. The number of hydrogen-bond donors (Lipinski definition) is 1. The van der Waals surface area contributed by atoms with Gasteiger partial charge in [-0.2, -0.15) is 5.10 Å². The topological polar surface area (TPSA) is 58.8 Å². The number of hydrazone groups is 1. The van der Waals surface area contributed by atoms with Crippen LogP contribution in [0, 0.1) is 0 Å². The fourth-order valence-electron chi connectivity index (χ4n) is 1.78. The van der Waals surface area contributed by atoms with Crippen LogP contribution in [0.1, 0.15) is 17.5 Å². The third-order valence-electron chi connectivity index (χ3n) is 2.76. The van der Waals surface area contributed by atoms with E-state index in [1.165, 1.54) is 22.7 Å². The van der Waals surface area contributed by atoms with E-state index in [1.54, 1.807) is 6.07 Å². The van der Waals surface area contributed by atoms with Crippen molar-refractivity contribution < 1.29 is 4.79 Å². The number of carbonyl (C=O) groups excluding carboxylic acids is 1. The van der Waals surface area contributed by atoms with Crippen LogP contribution in [-0.2, 0) is 11.2 Å². The number of thiophene rings is 1. The quantitative estimate of drug-likeness (QED) is 0.586. The third-order valence-corrected chi connectivity index (χ3v) is 4.87. The minimum Gasteiger partial charge on any atom is -0.297 e. The SMILES string of the molecule is CC(=NNC(=O)Cc1cn2ccsc2n1)c1ccc(Cl)s1. The zero-order chi connectivity index (χ0) is 14.8. The Kier molecular flexibility index (Phi) is 4.05. The highest BCUT2D eigenvalue weighted by Gasteiger charge is 2.08. The predicted molar refractivity (Wildman–Crippen MR) is 86.5 cm³/mol. The lowest BCUT2D eigenvalue weighted by Crippen LogP contribution is -2.21. The van der Waals surface area contributed by atoms with E-state index in [-0.39, 0.29) is 12.3 Å². The number of aromatic nitrogens is 2. The van der Waals surface area contributed by atoms with Crippen LogP contribution in [0.2, 0.25) is 4.34 Å². The highest BCUT2D eigenvalue weighted by Crippen LogP contribution is 2.21. The molecule has 5 nitrogen and oxygen atoms in total. The maximum atomic E-state index is 11.9. The van der Waals surface area contributed by atoms with Crippen molar-refractivity contribution in [3.05, 3.63) is 44.8 Å². The summed E-state index contributed by atoms with van der Waals surface area (Å²) in [4.78, 5) is 18.0. The molecule has 0 aromatic carbocycles. The number of hydrogen-bond acceptors (Lipinski definition) is 5. The molecule has 1 amide bonds. The Bertz CT molecular complexity index is 788. The molecule has 0 bridgehead atoms. The summed E-state index contributed by atoms with van der Waals surface area (Å²) >= 11 is 8.83. The normalized spacial score (nSPS) is 12.0. The molecule has 0 radical (unpaired) electrons. The first kappa shape index (κ1) is 14.2. The molecule has 8 heteroatoms. The molecule has 1 N–H and O–H groups in total. The first-order valence-electron chi connectivity index (χ1n) is 6.12. The molecular formula is C13H11ClN4OS2. The van der Waals surface area contributed by atoms with Gasteiger partial charge in [0, 0.05) is 17.8 Å². The van der Waals surface area contributed by atoms with Crippen LogP contribution in [0.4, 0.5) is 0 Å². The Morgan fingerprint density at radius 1 is 1.52 bits per heavy atom. The van der Waals surface area contributed by atoms with Crippen LogP contribution < -0.4 is 5.43 Å². The molecular weight excluding hydrogens is 328 g/mol. The largest absolute Gasteiger partial charge is 0.297 e. The van der Waals surface area contributed by atoms with Gasteiger partial charge in [0.2, 0.25) is 5.91 Å². The Labute approximate surface area is 133 Å². The number of nitrogens with one attached hydrogen (secondary N) is 1. The highest BCUT2D eigenvalue weighted by molar-refractivity contribution is 7.18. The number of imidazole rings is 1. The maximum absolute atomic E-state index is 11.9. The van der Waals surface area contributed by atoms with Crippen LogP contribution in [0.5, 0.6) is 0 Å². The van der Waals surface area contributed by atoms with Crippen molar-refractivity contribution in [1.29, 1.82) is 0 Å². The van der Waals surface area contributed by atoms with Crippen molar-refractivity contribution in [1.82, 2.24) is 14.8 Å². The molecule has 0 spiro atoms. The average Bonchev–Trinajstić information content (AvgIpc) is 3.11. The molecule has 0 atom stereocenters. The van der Waals surface area contributed by atoms with E-state index < -0.39 is 0 Å². The summed E-state index contributed by atoms with van der Waals surface area (Å²) in [6.07, 6.45) is 3.97. The van der Waals surface area contributed by atoms with Gasteiger partial charge in [-0.1, -0.05) is 11.6 Å². The summed E-state index contributed by atoms with van der Waals surface area (Å²) in [6, 6.07) is 3.68. The molecule has 0 aliphatic rings. The summed E-state index contributed by atoms with van der Waals surface area (Å²) in [6.45, 7) is 1.83. The molecule has 3 aromatic rings. The average molecular weight is 339 g/mol. The van der Waals surface area contributed by atoms with Gasteiger partial charge >= 0.3 is 0 Å². The van der Waals surface area contributed by atoms with Crippen molar-refractivity contribution in [3.63, 3.8) is 0 Å². The van der Waals surface area contributed by atoms with E-state index in [2.05, 4.69) is 15.5 Å². The van der Waals surface area contributed by atoms with Crippen molar-refractivity contribution in [2.24, 2.45) is 5.10 Å². The molecule has 0 unspecified atom stereocenters. The Balaban J connectivity index is 1.62. The highest BCUT2D eigenvalue weighted by atomic mass is 35.5. The number of carbonyl (C=O) groups is 1. The van der Waals surface area contributed by atoms with Crippen LogP contribution in [0.15, 0.2) is 35.0 Å². The van der Waals surface area contributed by atoms with Gasteiger partial charge in [-0.3, -0.25) is 9.20 Å². The van der Waals surface area contributed by atoms with Gasteiger partial charge in [0.05, 0.1) is 27.0 Å². The molecule has 0 saturated carbocycles. The maximum Gasteiger partial charge on any atom is 0.246 e. The lowest BCUT2D eigenvalue weighted by Gasteiger charge is -1.99. The molecule has 0 aliphatic heterocycles. The molecule has 0 fully saturated rings. The van der Waals surface area contributed by atoms with E-state index in [1.807, 2.05) is 35.2 Å². The van der Waals surface area contributed by atoms with Crippen molar-refractivity contribution in [2.75, 3.05) is 0 Å².